The minimum Gasteiger partial charge on any atom is -0.260 e. The van der Waals surface area contributed by atoms with E-state index >= 15 is 0 Å². The number of rotatable bonds is 4. The summed E-state index contributed by atoms with van der Waals surface area (Å²) in [7, 11) is -3.48. The number of hydrogen-bond donors (Lipinski definition) is 0. The van der Waals surface area contributed by atoms with Crippen molar-refractivity contribution in [3.05, 3.63) is 71.4 Å². The van der Waals surface area contributed by atoms with Gasteiger partial charge in [-0.1, -0.05) is 18.2 Å². The van der Waals surface area contributed by atoms with Gasteiger partial charge in [-0.3, -0.25) is 4.68 Å². The fraction of sp³-hybridized carbons (Fsp3) is 0.167. The lowest BCUT2D eigenvalue weighted by atomic mass is 10.1. The first-order valence-corrected chi connectivity index (χ1v) is 9.74. The lowest BCUT2D eigenvalue weighted by Crippen LogP contribution is -2.10. The van der Waals surface area contributed by atoms with Gasteiger partial charge in [0.1, 0.15) is 11.6 Å². The lowest BCUT2D eigenvalue weighted by molar-refractivity contribution is -0.141. The summed E-state index contributed by atoms with van der Waals surface area (Å²) in [5, 5.41) is 3.50. The van der Waals surface area contributed by atoms with Crippen LogP contribution in [0.3, 0.4) is 0 Å². The van der Waals surface area contributed by atoms with E-state index in [1.807, 2.05) is 0 Å². The molecule has 0 unspecified atom stereocenters. The van der Waals surface area contributed by atoms with Gasteiger partial charge < -0.3 is 0 Å². The molecular weight excluding hydrogens is 403 g/mol. The molecule has 0 aliphatic heterocycles. The molecule has 0 N–H and O–H groups in total. The van der Waals surface area contributed by atoms with Gasteiger partial charge in [0.05, 0.1) is 17.1 Å². The second-order valence-corrected chi connectivity index (χ2v) is 8.12. The molecule has 0 saturated carbocycles. The van der Waals surface area contributed by atoms with Gasteiger partial charge in [0.25, 0.3) is 0 Å². The Hall–Kier alpha value is -2.75. The van der Waals surface area contributed by atoms with Crippen LogP contribution < -0.4 is 0 Å². The Balaban J connectivity index is 2.08. The number of benzene rings is 2. The summed E-state index contributed by atoms with van der Waals surface area (Å²) in [4.78, 5) is 0.00272. The first-order chi connectivity index (χ1) is 12.9. The quantitative estimate of drug-likeness (QED) is 0.596. The first kappa shape index (κ1) is 20.0. The van der Waals surface area contributed by atoms with Gasteiger partial charge in [0.2, 0.25) is 0 Å². The lowest BCUT2D eigenvalue weighted by Gasteiger charge is -2.09. The largest absolute Gasteiger partial charge is 0.435 e. The van der Waals surface area contributed by atoms with Gasteiger partial charge >= 0.3 is 6.18 Å². The number of halogens is 5. The summed E-state index contributed by atoms with van der Waals surface area (Å²) < 4.78 is 90.4. The van der Waals surface area contributed by atoms with Crippen LogP contribution in [0, 0.1) is 11.6 Å². The molecule has 0 spiro atoms. The average Bonchev–Trinajstić information content (AvgIpc) is 3.01. The molecule has 0 radical (unpaired) electrons. The van der Waals surface area contributed by atoms with E-state index < -0.39 is 33.3 Å². The summed E-state index contributed by atoms with van der Waals surface area (Å²) >= 11 is 0. The molecule has 0 bridgehead atoms. The number of hydrogen-bond acceptors (Lipinski definition) is 3. The Morgan fingerprint density at radius 1 is 1.00 bits per heavy atom. The molecule has 0 atom stereocenters. The third-order valence-electron chi connectivity index (χ3n) is 3.98. The van der Waals surface area contributed by atoms with Crippen LogP contribution in [0.25, 0.3) is 11.3 Å². The Morgan fingerprint density at radius 3 is 2.18 bits per heavy atom. The SMILES string of the molecule is CS(=O)(=O)c1ccc(-c2cc(C(F)(F)F)nn2Cc2ccc(F)cc2F)cc1. The topological polar surface area (TPSA) is 52.0 Å². The second-order valence-electron chi connectivity index (χ2n) is 6.10. The number of alkyl halides is 3. The van der Waals surface area contributed by atoms with Crippen LogP contribution in [0.15, 0.2) is 53.4 Å². The van der Waals surface area contributed by atoms with Gasteiger partial charge in [-0.15, -0.1) is 0 Å². The van der Waals surface area contributed by atoms with E-state index in [1.54, 1.807) is 0 Å². The predicted octanol–water partition coefficient (Wildman–Crippen LogP) is 4.30. The molecule has 148 valence electrons. The zero-order chi connectivity index (χ0) is 20.7. The van der Waals surface area contributed by atoms with Crippen LogP contribution in [-0.2, 0) is 22.6 Å². The molecule has 10 heteroatoms. The Kier molecular flexibility index (Phi) is 5.00. The van der Waals surface area contributed by atoms with Crippen molar-refractivity contribution in [2.75, 3.05) is 6.26 Å². The van der Waals surface area contributed by atoms with E-state index in [1.165, 1.54) is 24.3 Å². The maximum absolute atomic E-state index is 13.9. The van der Waals surface area contributed by atoms with Gasteiger partial charge in [-0.05, 0) is 29.8 Å². The standard InChI is InChI=1S/C18H13F5N2O2S/c1-28(26,27)14-6-3-11(4-7-14)16-9-17(18(21,22)23)24-25(16)10-12-2-5-13(19)8-15(12)20/h2-9H,10H2,1H3. The van der Waals surface area contributed by atoms with Gasteiger partial charge in [-0.25, -0.2) is 17.2 Å². The smallest absolute Gasteiger partial charge is 0.260 e. The summed E-state index contributed by atoms with van der Waals surface area (Å²) in [5.41, 5.74) is -0.960. The maximum atomic E-state index is 13.9. The minimum atomic E-state index is -4.73. The highest BCUT2D eigenvalue weighted by atomic mass is 32.2. The van der Waals surface area contributed by atoms with Crippen LogP contribution in [0.5, 0.6) is 0 Å². The normalized spacial score (nSPS) is 12.4. The van der Waals surface area contributed by atoms with Gasteiger partial charge in [0.15, 0.2) is 15.5 Å². The highest BCUT2D eigenvalue weighted by Crippen LogP contribution is 2.32. The molecule has 0 aliphatic carbocycles. The van der Waals surface area contributed by atoms with E-state index in [9.17, 15) is 30.4 Å². The monoisotopic (exact) mass is 416 g/mol. The van der Waals surface area contributed by atoms with Crippen molar-refractivity contribution in [2.45, 2.75) is 17.6 Å². The molecular formula is C18H13F5N2O2S. The van der Waals surface area contributed by atoms with Crippen molar-refractivity contribution in [1.82, 2.24) is 9.78 Å². The molecule has 0 fully saturated rings. The fourth-order valence-electron chi connectivity index (χ4n) is 2.59. The van der Waals surface area contributed by atoms with Gasteiger partial charge in [-0.2, -0.15) is 18.3 Å². The number of nitrogens with zero attached hydrogens (tertiary/aromatic N) is 2. The summed E-state index contributed by atoms with van der Waals surface area (Å²) in [5.74, 6) is -1.73. The van der Waals surface area contributed by atoms with Crippen molar-refractivity contribution in [3.63, 3.8) is 0 Å². The van der Waals surface area contributed by atoms with E-state index in [0.717, 1.165) is 29.1 Å². The highest BCUT2D eigenvalue weighted by Gasteiger charge is 2.35. The third-order valence-corrected chi connectivity index (χ3v) is 5.11. The summed E-state index contributed by atoms with van der Waals surface area (Å²) in [6, 6.07) is 8.72. The summed E-state index contributed by atoms with van der Waals surface area (Å²) in [6.45, 7) is -0.370. The average molecular weight is 416 g/mol. The summed E-state index contributed by atoms with van der Waals surface area (Å²) in [6.07, 6.45) is -3.72. The van der Waals surface area contributed by atoms with Crippen LogP contribution in [-0.4, -0.2) is 24.5 Å². The van der Waals surface area contributed by atoms with Crippen molar-refractivity contribution < 1.29 is 30.4 Å². The first-order valence-electron chi connectivity index (χ1n) is 7.84. The maximum Gasteiger partial charge on any atom is 0.435 e. The fourth-order valence-corrected chi connectivity index (χ4v) is 3.22. The Labute approximate surface area is 157 Å². The molecule has 3 aromatic rings. The van der Waals surface area contributed by atoms with E-state index in [0.29, 0.717) is 6.07 Å². The zero-order valence-corrected chi connectivity index (χ0v) is 15.2. The number of aromatic nitrogens is 2. The van der Waals surface area contributed by atoms with E-state index in [-0.39, 0.29) is 28.3 Å². The van der Waals surface area contributed by atoms with Crippen molar-refractivity contribution in [1.29, 1.82) is 0 Å². The molecule has 0 saturated heterocycles. The van der Waals surface area contributed by atoms with Crippen molar-refractivity contribution in [3.8, 4) is 11.3 Å². The molecule has 0 aliphatic rings. The Bertz CT molecular complexity index is 1120. The molecule has 1 aromatic heterocycles. The molecule has 4 nitrogen and oxygen atoms in total. The van der Waals surface area contributed by atoms with Crippen LogP contribution in [0.2, 0.25) is 0 Å². The van der Waals surface area contributed by atoms with Crippen molar-refractivity contribution >= 4 is 9.84 Å². The molecule has 28 heavy (non-hydrogen) atoms. The van der Waals surface area contributed by atoms with Crippen molar-refractivity contribution in [2.24, 2.45) is 0 Å². The second kappa shape index (κ2) is 7.01. The molecule has 0 amide bonds. The van der Waals surface area contributed by atoms with Crippen LogP contribution >= 0.6 is 0 Å². The molecule has 3 rings (SSSR count). The zero-order valence-electron chi connectivity index (χ0n) is 14.3. The van der Waals surface area contributed by atoms with Gasteiger partial charge in [0, 0.05) is 17.9 Å². The minimum absolute atomic E-state index is 0.00272. The van der Waals surface area contributed by atoms with Crippen LogP contribution in [0.4, 0.5) is 22.0 Å². The molecule has 2 aromatic carbocycles. The predicted molar refractivity (Wildman–Crippen MR) is 91.2 cm³/mol. The molecule has 1 heterocycles. The highest BCUT2D eigenvalue weighted by molar-refractivity contribution is 7.90. The van der Waals surface area contributed by atoms with Crippen LogP contribution in [0.1, 0.15) is 11.3 Å². The van der Waals surface area contributed by atoms with E-state index in [4.69, 9.17) is 0 Å². The number of sulfone groups is 1. The Morgan fingerprint density at radius 2 is 1.64 bits per heavy atom. The van der Waals surface area contributed by atoms with E-state index in [2.05, 4.69) is 5.10 Å². The third kappa shape index (κ3) is 4.22.